The Labute approximate surface area is 92.1 Å². The van der Waals surface area contributed by atoms with E-state index in [4.69, 9.17) is 0 Å². The number of rotatable bonds is 3. The minimum Gasteiger partial charge on any atom is -0.353 e. The van der Waals surface area contributed by atoms with Gasteiger partial charge in [-0.15, -0.1) is 0 Å². The van der Waals surface area contributed by atoms with Crippen LogP contribution in [-0.2, 0) is 4.79 Å². The molecular formula is C9H14N2O3S. The molecule has 1 aliphatic heterocycles. The first-order valence-electron chi connectivity index (χ1n) is 5.20. The van der Waals surface area contributed by atoms with Crippen LogP contribution in [0.1, 0.15) is 19.3 Å². The number of nitrogens with zero attached hydrogens (tertiary/aromatic N) is 1. The molecule has 1 saturated carbocycles. The molecule has 1 saturated heterocycles. The van der Waals surface area contributed by atoms with Crippen LogP contribution >= 0.6 is 11.8 Å². The number of hydrogen-bond donors (Lipinski definition) is 1. The highest BCUT2D eigenvalue weighted by Gasteiger charge is 2.53. The molecule has 1 amide bonds. The Morgan fingerprint density at radius 1 is 1.40 bits per heavy atom. The molecule has 2 aliphatic rings. The molecule has 1 heterocycles. The average Bonchev–Trinajstić information content (AvgIpc) is 2.98. The number of hydrogen-bond acceptors (Lipinski definition) is 4. The van der Waals surface area contributed by atoms with Gasteiger partial charge in [-0.3, -0.25) is 14.9 Å². The summed E-state index contributed by atoms with van der Waals surface area (Å²) in [7, 11) is 0. The van der Waals surface area contributed by atoms with Gasteiger partial charge in [0.25, 0.3) is 0 Å². The number of nitrogens with one attached hydrogen (secondary N) is 1. The number of amides is 1. The van der Waals surface area contributed by atoms with E-state index in [1.165, 1.54) is 0 Å². The highest BCUT2D eigenvalue weighted by molar-refractivity contribution is 7.99. The zero-order valence-electron chi connectivity index (χ0n) is 8.35. The molecule has 6 heteroatoms. The first-order valence-corrected chi connectivity index (χ1v) is 6.35. The predicted octanol–water partition coefficient (Wildman–Crippen LogP) is 0.663. The van der Waals surface area contributed by atoms with Gasteiger partial charge in [0.15, 0.2) is 0 Å². The van der Waals surface area contributed by atoms with Crippen LogP contribution in [0.5, 0.6) is 0 Å². The second kappa shape index (κ2) is 4.38. The van der Waals surface area contributed by atoms with E-state index in [-0.39, 0.29) is 22.8 Å². The van der Waals surface area contributed by atoms with Crippen molar-refractivity contribution in [2.24, 2.45) is 5.92 Å². The second-order valence-electron chi connectivity index (χ2n) is 4.09. The highest BCUT2D eigenvalue weighted by Crippen LogP contribution is 2.33. The monoisotopic (exact) mass is 230 g/mol. The van der Waals surface area contributed by atoms with Crippen molar-refractivity contribution in [3.63, 3.8) is 0 Å². The topological polar surface area (TPSA) is 72.2 Å². The third-order valence-corrected chi connectivity index (χ3v) is 3.98. The highest BCUT2D eigenvalue weighted by atomic mass is 32.2. The molecule has 0 aromatic carbocycles. The summed E-state index contributed by atoms with van der Waals surface area (Å²) in [6.07, 6.45) is 2.40. The van der Waals surface area contributed by atoms with Crippen LogP contribution in [0.3, 0.4) is 0 Å². The van der Waals surface area contributed by atoms with Crippen molar-refractivity contribution in [2.75, 3.05) is 11.5 Å². The lowest BCUT2D eigenvalue weighted by molar-refractivity contribution is -0.497. The number of carbonyl (C=O) groups excluding carboxylic acids is 1. The molecule has 0 radical (unpaired) electrons. The Bertz CT molecular complexity index is 279. The Kier molecular flexibility index (Phi) is 3.14. The van der Waals surface area contributed by atoms with Crippen molar-refractivity contribution < 1.29 is 9.72 Å². The van der Waals surface area contributed by atoms with Crippen LogP contribution in [0, 0.1) is 16.0 Å². The minimum atomic E-state index is -0.622. The van der Waals surface area contributed by atoms with E-state index in [1.807, 2.05) is 11.8 Å². The van der Waals surface area contributed by atoms with Gasteiger partial charge < -0.3 is 5.32 Å². The second-order valence-corrected chi connectivity index (χ2v) is 5.31. The third kappa shape index (κ3) is 2.62. The van der Waals surface area contributed by atoms with Crippen LogP contribution in [0.25, 0.3) is 0 Å². The summed E-state index contributed by atoms with van der Waals surface area (Å²) in [5, 5.41) is 13.3. The van der Waals surface area contributed by atoms with Crippen molar-refractivity contribution in [3.8, 4) is 0 Å². The van der Waals surface area contributed by atoms with Crippen LogP contribution in [0.15, 0.2) is 0 Å². The number of carbonyl (C=O) groups is 1. The maximum absolute atomic E-state index is 11.6. The standard InChI is InChI=1S/C9H14N2O3S/c12-9(7-5-8(7)11(13)14)10-6-1-3-15-4-2-6/h6-8H,1-5H2,(H,10,12)/t7-,8+/m1/s1. The third-order valence-electron chi connectivity index (χ3n) is 2.93. The summed E-state index contributed by atoms with van der Waals surface area (Å²) < 4.78 is 0. The molecule has 0 spiro atoms. The molecule has 0 unspecified atom stereocenters. The van der Waals surface area contributed by atoms with Crippen molar-refractivity contribution in [1.29, 1.82) is 0 Å². The minimum absolute atomic E-state index is 0.117. The molecule has 1 N–H and O–H groups in total. The summed E-state index contributed by atoms with van der Waals surface area (Å²) in [6, 6.07) is -0.380. The Hall–Kier alpha value is -0.780. The molecule has 2 fully saturated rings. The van der Waals surface area contributed by atoms with Crippen molar-refractivity contribution in [3.05, 3.63) is 10.1 Å². The van der Waals surface area contributed by atoms with E-state index >= 15 is 0 Å². The summed E-state index contributed by atoms with van der Waals surface area (Å²) in [4.78, 5) is 21.6. The smallest absolute Gasteiger partial charge is 0.230 e. The molecule has 0 aromatic rings. The van der Waals surface area contributed by atoms with Crippen LogP contribution in [0.4, 0.5) is 0 Å². The quantitative estimate of drug-likeness (QED) is 0.571. The van der Waals surface area contributed by atoms with Gasteiger partial charge in [0.1, 0.15) is 5.92 Å². The molecule has 0 bridgehead atoms. The van der Waals surface area contributed by atoms with Crippen molar-refractivity contribution in [2.45, 2.75) is 31.3 Å². The fourth-order valence-electron chi connectivity index (χ4n) is 1.85. The molecule has 15 heavy (non-hydrogen) atoms. The van der Waals surface area contributed by atoms with Gasteiger partial charge in [-0.25, -0.2) is 0 Å². The predicted molar refractivity (Wildman–Crippen MR) is 57.4 cm³/mol. The fourth-order valence-corrected chi connectivity index (χ4v) is 2.95. The fraction of sp³-hybridized carbons (Fsp3) is 0.889. The zero-order valence-corrected chi connectivity index (χ0v) is 9.16. The van der Waals surface area contributed by atoms with Gasteiger partial charge in [0.05, 0.1) is 0 Å². The van der Waals surface area contributed by atoms with Gasteiger partial charge in [-0.05, 0) is 24.3 Å². The summed E-state index contributed by atoms with van der Waals surface area (Å²) >= 11 is 1.90. The number of nitro groups is 1. The van der Waals surface area contributed by atoms with E-state index in [9.17, 15) is 14.9 Å². The van der Waals surface area contributed by atoms with E-state index < -0.39 is 6.04 Å². The molecular weight excluding hydrogens is 216 g/mol. The van der Waals surface area contributed by atoms with Gasteiger partial charge in [-0.2, -0.15) is 11.8 Å². The Morgan fingerprint density at radius 2 is 2.07 bits per heavy atom. The number of thioether (sulfide) groups is 1. The Morgan fingerprint density at radius 3 is 2.60 bits per heavy atom. The van der Waals surface area contributed by atoms with E-state index in [0.717, 1.165) is 24.3 Å². The molecule has 2 atom stereocenters. The maximum Gasteiger partial charge on any atom is 0.230 e. The van der Waals surface area contributed by atoms with Crippen molar-refractivity contribution in [1.82, 2.24) is 5.32 Å². The normalized spacial score (nSPS) is 30.9. The molecule has 2 rings (SSSR count). The zero-order chi connectivity index (χ0) is 10.8. The van der Waals surface area contributed by atoms with Gasteiger partial charge in [0, 0.05) is 17.4 Å². The first kappa shape index (κ1) is 10.7. The molecule has 1 aliphatic carbocycles. The van der Waals surface area contributed by atoms with Gasteiger partial charge in [-0.1, -0.05) is 0 Å². The lowest BCUT2D eigenvalue weighted by Gasteiger charge is -2.22. The molecule has 84 valence electrons. The first-order chi connectivity index (χ1) is 7.18. The van der Waals surface area contributed by atoms with Crippen LogP contribution in [0.2, 0.25) is 0 Å². The lowest BCUT2D eigenvalue weighted by Crippen LogP contribution is -2.39. The maximum atomic E-state index is 11.6. The molecule has 0 aromatic heterocycles. The van der Waals surface area contributed by atoms with Gasteiger partial charge in [0.2, 0.25) is 11.9 Å². The van der Waals surface area contributed by atoms with E-state index in [0.29, 0.717) is 6.42 Å². The summed E-state index contributed by atoms with van der Waals surface area (Å²) in [5.74, 6) is 1.67. The lowest BCUT2D eigenvalue weighted by atomic mass is 10.1. The largest absolute Gasteiger partial charge is 0.353 e. The Balaban J connectivity index is 1.75. The summed E-state index contributed by atoms with van der Waals surface area (Å²) in [5.41, 5.74) is 0. The van der Waals surface area contributed by atoms with E-state index in [1.54, 1.807) is 0 Å². The van der Waals surface area contributed by atoms with E-state index in [2.05, 4.69) is 5.32 Å². The van der Waals surface area contributed by atoms with Crippen LogP contribution in [-0.4, -0.2) is 34.4 Å². The van der Waals surface area contributed by atoms with Crippen molar-refractivity contribution >= 4 is 17.7 Å². The molecule has 5 nitrogen and oxygen atoms in total. The summed E-state index contributed by atoms with van der Waals surface area (Å²) in [6.45, 7) is 0. The van der Waals surface area contributed by atoms with Crippen LogP contribution < -0.4 is 5.32 Å². The SMILES string of the molecule is O=C(NC1CCSCC1)[C@@H]1C[C@@H]1[N+](=O)[O-]. The average molecular weight is 230 g/mol. The van der Waals surface area contributed by atoms with Gasteiger partial charge >= 0.3 is 0 Å².